The molecule has 0 saturated heterocycles. The zero-order chi connectivity index (χ0) is 13.9. The zero-order valence-electron chi connectivity index (χ0n) is 11.2. The summed E-state index contributed by atoms with van der Waals surface area (Å²) < 4.78 is 0. The fourth-order valence-electron chi connectivity index (χ4n) is 3.49. The molecule has 0 aromatic rings. The van der Waals surface area contributed by atoms with E-state index >= 15 is 0 Å². The summed E-state index contributed by atoms with van der Waals surface area (Å²) in [5.74, 6) is -1.94. The van der Waals surface area contributed by atoms with E-state index in [0.717, 1.165) is 32.1 Å². The molecule has 5 nitrogen and oxygen atoms in total. The maximum absolute atomic E-state index is 12.1. The molecule has 3 N–H and O–H groups in total. The molecule has 2 rings (SSSR count). The number of aliphatic carboxylic acids is 1. The Bertz CT molecular complexity index is 349. The molecule has 0 radical (unpaired) electrons. The summed E-state index contributed by atoms with van der Waals surface area (Å²) in [6.45, 7) is 0.575. The molecule has 0 unspecified atom stereocenters. The van der Waals surface area contributed by atoms with Gasteiger partial charge in [-0.3, -0.25) is 9.59 Å². The van der Waals surface area contributed by atoms with Crippen molar-refractivity contribution in [2.24, 2.45) is 17.3 Å². The fraction of sp³-hybridized carbons (Fsp3) is 0.857. The van der Waals surface area contributed by atoms with Gasteiger partial charge < -0.3 is 15.5 Å². The molecular formula is C14H23NO4. The molecule has 0 aliphatic heterocycles. The van der Waals surface area contributed by atoms with Crippen LogP contribution in [0.15, 0.2) is 0 Å². The zero-order valence-corrected chi connectivity index (χ0v) is 11.2. The van der Waals surface area contributed by atoms with Crippen molar-refractivity contribution in [3.05, 3.63) is 0 Å². The van der Waals surface area contributed by atoms with Gasteiger partial charge in [0.15, 0.2) is 0 Å². The van der Waals surface area contributed by atoms with Crippen LogP contribution < -0.4 is 5.32 Å². The van der Waals surface area contributed by atoms with Gasteiger partial charge in [0.1, 0.15) is 0 Å². The summed E-state index contributed by atoms with van der Waals surface area (Å²) in [7, 11) is 0. The van der Waals surface area contributed by atoms with Crippen molar-refractivity contribution in [3.63, 3.8) is 0 Å². The number of hydrogen-bond acceptors (Lipinski definition) is 3. The summed E-state index contributed by atoms with van der Waals surface area (Å²) in [6.07, 6.45) is 6.14. The molecule has 0 bridgehead atoms. The van der Waals surface area contributed by atoms with E-state index in [9.17, 15) is 14.7 Å². The number of nitrogens with one attached hydrogen (secondary N) is 1. The van der Waals surface area contributed by atoms with E-state index in [-0.39, 0.29) is 17.9 Å². The first kappa shape index (κ1) is 14.3. The van der Waals surface area contributed by atoms with Gasteiger partial charge in [0.05, 0.1) is 18.4 Å². The van der Waals surface area contributed by atoms with Crippen molar-refractivity contribution < 1.29 is 19.8 Å². The number of carbonyl (C=O) groups is 2. The van der Waals surface area contributed by atoms with Gasteiger partial charge in [-0.2, -0.15) is 0 Å². The van der Waals surface area contributed by atoms with Crippen LogP contribution in [0.25, 0.3) is 0 Å². The van der Waals surface area contributed by atoms with Crippen molar-refractivity contribution in [1.82, 2.24) is 5.32 Å². The molecule has 0 heterocycles. The summed E-state index contributed by atoms with van der Waals surface area (Å²) in [6, 6.07) is 0. The fourth-order valence-corrected chi connectivity index (χ4v) is 3.49. The number of carboxylic acid groups (broad SMARTS) is 1. The van der Waals surface area contributed by atoms with Gasteiger partial charge in [-0.25, -0.2) is 0 Å². The first-order valence-electron chi connectivity index (χ1n) is 7.19. The molecule has 1 amide bonds. The largest absolute Gasteiger partial charge is 0.481 e. The third-order valence-electron chi connectivity index (χ3n) is 4.81. The highest BCUT2D eigenvalue weighted by Crippen LogP contribution is 2.37. The second-order valence-corrected chi connectivity index (χ2v) is 6.07. The van der Waals surface area contributed by atoms with Gasteiger partial charge >= 0.3 is 5.97 Å². The number of carboxylic acids is 1. The molecule has 0 spiro atoms. The lowest BCUT2D eigenvalue weighted by Crippen LogP contribution is -2.42. The lowest BCUT2D eigenvalue weighted by molar-refractivity contribution is -0.146. The van der Waals surface area contributed by atoms with Crippen LogP contribution in [0, 0.1) is 17.3 Å². The Labute approximate surface area is 113 Å². The first-order chi connectivity index (χ1) is 9.08. The molecule has 0 aromatic heterocycles. The third kappa shape index (κ3) is 3.08. The molecule has 2 saturated carbocycles. The smallest absolute Gasteiger partial charge is 0.307 e. The van der Waals surface area contributed by atoms with E-state index in [1.807, 2.05) is 0 Å². The van der Waals surface area contributed by atoms with Gasteiger partial charge in [0.2, 0.25) is 5.91 Å². The van der Waals surface area contributed by atoms with Crippen LogP contribution in [0.5, 0.6) is 0 Å². The molecule has 19 heavy (non-hydrogen) atoms. The van der Waals surface area contributed by atoms with Crippen LogP contribution in [0.3, 0.4) is 0 Å². The standard InChI is InChI=1S/C14H23NO4/c16-9-14(6-1-2-7-14)8-15-12(17)10-4-3-5-11(10)13(18)19/h10-11,16H,1-9H2,(H,15,17)(H,18,19)/t10-,11+/m1/s1. The third-order valence-corrected chi connectivity index (χ3v) is 4.81. The Kier molecular flexibility index (Phi) is 4.45. The lowest BCUT2D eigenvalue weighted by atomic mass is 9.86. The minimum atomic E-state index is -0.865. The Balaban J connectivity index is 1.88. The van der Waals surface area contributed by atoms with Crippen molar-refractivity contribution >= 4 is 11.9 Å². The predicted molar refractivity (Wildman–Crippen MR) is 69.5 cm³/mol. The van der Waals surface area contributed by atoms with E-state index < -0.39 is 17.8 Å². The van der Waals surface area contributed by atoms with Crippen molar-refractivity contribution in [2.75, 3.05) is 13.2 Å². The first-order valence-corrected chi connectivity index (χ1v) is 7.19. The molecule has 108 valence electrons. The molecule has 2 aliphatic rings. The van der Waals surface area contributed by atoms with E-state index in [2.05, 4.69) is 5.32 Å². The Hall–Kier alpha value is -1.10. The summed E-state index contributed by atoms with van der Waals surface area (Å²) >= 11 is 0. The Morgan fingerprint density at radius 3 is 2.32 bits per heavy atom. The molecule has 2 fully saturated rings. The van der Waals surface area contributed by atoms with Crippen LogP contribution in [0.4, 0.5) is 0 Å². The van der Waals surface area contributed by atoms with Gasteiger partial charge in [0.25, 0.3) is 0 Å². The average Bonchev–Trinajstić information content (AvgIpc) is 3.05. The average molecular weight is 269 g/mol. The normalized spacial score (nSPS) is 29.3. The number of hydrogen-bond donors (Lipinski definition) is 3. The highest BCUT2D eigenvalue weighted by molar-refractivity contribution is 5.85. The van der Waals surface area contributed by atoms with E-state index in [1.165, 1.54) is 0 Å². The highest BCUT2D eigenvalue weighted by atomic mass is 16.4. The topological polar surface area (TPSA) is 86.6 Å². The number of amides is 1. The van der Waals surface area contributed by atoms with Crippen molar-refractivity contribution in [3.8, 4) is 0 Å². The lowest BCUT2D eigenvalue weighted by Gasteiger charge is -2.27. The second-order valence-electron chi connectivity index (χ2n) is 6.07. The maximum atomic E-state index is 12.1. The SMILES string of the molecule is O=C(O)[C@H]1CCC[C@H]1C(=O)NCC1(CO)CCCC1. The van der Waals surface area contributed by atoms with E-state index in [1.54, 1.807) is 0 Å². The number of aliphatic hydroxyl groups is 1. The van der Waals surface area contributed by atoms with Crippen LogP contribution >= 0.6 is 0 Å². The van der Waals surface area contributed by atoms with Crippen LogP contribution in [-0.4, -0.2) is 35.2 Å². The van der Waals surface area contributed by atoms with E-state index in [4.69, 9.17) is 5.11 Å². The van der Waals surface area contributed by atoms with E-state index in [0.29, 0.717) is 19.4 Å². The van der Waals surface area contributed by atoms with Crippen LogP contribution in [0.1, 0.15) is 44.9 Å². The van der Waals surface area contributed by atoms with Gasteiger partial charge in [-0.1, -0.05) is 19.3 Å². The highest BCUT2D eigenvalue weighted by Gasteiger charge is 2.39. The summed E-state index contributed by atoms with van der Waals surface area (Å²) in [5, 5.41) is 21.5. The maximum Gasteiger partial charge on any atom is 0.307 e. The minimum absolute atomic E-state index is 0.0975. The number of aliphatic hydroxyl groups excluding tert-OH is 1. The quantitative estimate of drug-likeness (QED) is 0.699. The summed E-state index contributed by atoms with van der Waals surface area (Å²) in [4.78, 5) is 23.2. The molecule has 0 aromatic carbocycles. The Morgan fingerprint density at radius 1 is 1.11 bits per heavy atom. The molecule has 2 aliphatic carbocycles. The van der Waals surface area contributed by atoms with Crippen molar-refractivity contribution in [1.29, 1.82) is 0 Å². The van der Waals surface area contributed by atoms with Crippen LogP contribution in [-0.2, 0) is 9.59 Å². The molecular weight excluding hydrogens is 246 g/mol. The van der Waals surface area contributed by atoms with Gasteiger partial charge in [-0.05, 0) is 25.7 Å². The predicted octanol–water partition coefficient (Wildman–Crippen LogP) is 1.16. The van der Waals surface area contributed by atoms with Crippen LogP contribution in [0.2, 0.25) is 0 Å². The minimum Gasteiger partial charge on any atom is -0.481 e. The van der Waals surface area contributed by atoms with Gasteiger partial charge in [-0.15, -0.1) is 0 Å². The summed E-state index contributed by atoms with van der Waals surface area (Å²) in [5.41, 5.74) is -0.174. The number of carbonyl (C=O) groups excluding carboxylic acids is 1. The second kappa shape index (κ2) is 5.90. The van der Waals surface area contributed by atoms with Gasteiger partial charge in [0, 0.05) is 12.0 Å². The monoisotopic (exact) mass is 269 g/mol. The van der Waals surface area contributed by atoms with Crippen molar-refractivity contribution in [2.45, 2.75) is 44.9 Å². The molecule has 2 atom stereocenters. The molecule has 5 heteroatoms. The Morgan fingerprint density at radius 2 is 1.74 bits per heavy atom. The number of rotatable bonds is 5.